The fourth-order valence-electron chi connectivity index (χ4n) is 7.24. The van der Waals surface area contributed by atoms with Crippen molar-refractivity contribution < 1.29 is 28.5 Å². The standard InChI is InChI=1S/C41H45N3O6/c1-25-26(2)42-16-15-34(25)29-13-11-27(12-14-29)17-36(41(46)47-3)44-40(45)35-19-31-20-37-38(21-32(31)22-43-35)50-39(24-49-37)30-9-6-10-33(18-30)48-23-28-7-4-5-8-28/h6,9-16,18,20-21,28,35-36,39,43H,4-5,7-8,17,19,22-24H2,1-3H3,(H,44,45)/t35-,36-,39+/m0/s1. The Balaban J connectivity index is 0.976. The van der Waals surface area contributed by atoms with E-state index in [2.05, 4.69) is 28.6 Å². The number of aryl methyl sites for hydroxylation is 1. The average molecular weight is 676 g/mol. The van der Waals surface area contributed by atoms with Gasteiger partial charge in [0.2, 0.25) is 5.91 Å². The molecule has 7 rings (SSSR count). The van der Waals surface area contributed by atoms with E-state index >= 15 is 0 Å². The van der Waals surface area contributed by atoms with Crippen molar-refractivity contribution in [2.45, 2.75) is 77.1 Å². The minimum atomic E-state index is -0.824. The Morgan fingerprint density at radius 1 is 1.00 bits per heavy atom. The Morgan fingerprint density at radius 3 is 2.60 bits per heavy atom. The summed E-state index contributed by atoms with van der Waals surface area (Å²) in [6.45, 7) is 5.68. The van der Waals surface area contributed by atoms with Gasteiger partial charge in [0.15, 0.2) is 17.6 Å². The maximum atomic E-state index is 13.5. The lowest BCUT2D eigenvalue weighted by Crippen LogP contribution is -2.53. The zero-order valence-corrected chi connectivity index (χ0v) is 29.0. The first kappa shape index (κ1) is 33.6. The van der Waals surface area contributed by atoms with Crippen LogP contribution in [0.4, 0.5) is 0 Å². The van der Waals surface area contributed by atoms with Crippen LogP contribution in [0, 0.1) is 19.8 Å². The average Bonchev–Trinajstić information content (AvgIpc) is 3.67. The number of hydrogen-bond acceptors (Lipinski definition) is 8. The molecule has 3 heterocycles. The van der Waals surface area contributed by atoms with Gasteiger partial charge in [-0.05, 0) is 108 Å². The Labute approximate surface area is 293 Å². The van der Waals surface area contributed by atoms with Crippen molar-refractivity contribution in [3.8, 4) is 28.4 Å². The number of hydrogen-bond donors (Lipinski definition) is 2. The summed E-state index contributed by atoms with van der Waals surface area (Å²) in [5.41, 5.74) is 8.31. The molecule has 0 saturated heterocycles. The third-order valence-electron chi connectivity index (χ3n) is 10.4. The highest BCUT2D eigenvalue weighted by atomic mass is 16.6. The zero-order valence-electron chi connectivity index (χ0n) is 29.0. The third-order valence-corrected chi connectivity index (χ3v) is 10.4. The Morgan fingerprint density at radius 2 is 1.80 bits per heavy atom. The summed E-state index contributed by atoms with van der Waals surface area (Å²) in [7, 11) is 1.34. The van der Waals surface area contributed by atoms with E-state index in [4.69, 9.17) is 18.9 Å². The van der Waals surface area contributed by atoms with Crippen molar-refractivity contribution in [3.63, 3.8) is 0 Å². The van der Waals surface area contributed by atoms with Gasteiger partial charge in [-0.2, -0.15) is 0 Å². The molecular formula is C41H45N3O6. The molecule has 1 fully saturated rings. The summed E-state index contributed by atoms with van der Waals surface area (Å²) in [5.74, 6) is 2.13. The summed E-state index contributed by atoms with van der Waals surface area (Å²) in [5, 5.41) is 6.29. The van der Waals surface area contributed by atoms with Gasteiger partial charge in [-0.1, -0.05) is 49.2 Å². The van der Waals surface area contributed by atoms with E-state index in [0.29, 0.717) is 43.4 Å². The van der Waals surface area contributed by atoms with E-state index in [1.807, 2.05) is 73.8 Å². The molecule has 3 aromatic carbocycles. The highest BCUT2D eigenvalue weighted by Gasteiger charge is 2.31. The van der Waals surface area contributed by atoms with Gasteiger partial charge in [0.25, 0.3) is 0 Å². The molecule has 1 amide bonds. The minimum absolute atomic E-state index is 0.249. The van der Waals surface area contributed by atoms with Gasteiger partial charge in [-0.3, -0.25) is 9.78 Å². The summed E-state index contributed by atoms with van der Waals surface area (Å²) < 4.78 is 23.9. The molecule has 0 spiro atoms. The van der Waals surface area contributed by atoms with E-state index < -0.39 is 18.1 Å². The number of rotatable bonds is 10. The second-order valence-corrected chi connectivity index (χ2v) is 13.7. The lowest BCUT2D eigenvalue weighted by atomic mass is 9.94. The molecule has 1 aromatic heterocycles. The van der Waals surface area contributed by atoms with Crippen LogP contribution >= 0.6 is 0 Å². The van der Waals surface area contributed by atoms with Crippen molar-refractivity contribution in [1.82, 2.24) is 15.6 Å². The molecule has 50 heavy (non-hydrogen) atoms. The van der Waals surface area contributed by atoms with E-state index in [-0.39, 0.29) is 12.0 Å². The molecule has 9 heteroatoms. The first-order valence-corrected chi connectivity index (χ1v) is 17.7. The summed E-state index contributed by atoms with van der Waals surface area (Å²) in [6.07, 6.45) is 7.42. The number of ether oxygens (including phenoxy) is 4. The lowest BCUT2D eigenvalue weighted by molar-refractivity contribution is -0.145. The molecule has 9 nitrogen and oxygen atoms in total. The van der Waals surface area contributed by atoms with Crippen LogP contribution in [0.1, 0.15) is 65.3 Å². The monoisotopic (exact) mass is 675 g/mol. The number of nitrogens with zero attached hydrogens (tertiary/aromatic N) is 1. The number of amides is 1. The highest BCUT2D eigenvalue weighted by Crippen LogP contribution is 2.40. The number of pyridine rings is 1. The van der Waals surface area contributed by atoms with Crippen molar-refractivity contribution in [2.75, 3.05) is 20.3 Å². The van der Waals surface area contributed by atoms with Gasteiger partial charge in [0.1, 0.15) is 18.4 Å². The molecule has 260 valence electrons. The van der Waals surface area contributed by atoms with Crippen LogP contribution in [-0.2, 0) is 33.7 Å². The molecule has 2 aliphatic heterocycles. The Bertz CT molecular complexity index is 1850. The van der Waals surface area contributed by atoms with Crippen LogP contribution in [0.25, 0.3) is 11.1 Å². The number of carbonyl (C=O) groups is 2. The molecule has 3 atom stereocenters. The molecule has 0 unspecified atom stereocenters. The molecule has 1 aliphatic carbocycles. The topological polar surface area (TPSA) is 108 Å². The zero-order chi connectivity index (χ0) is 34.6. The normalized spacial score (nSPS) is 18.9. The summed E-state index contributed by atoms with van der Waals surface area (Å²) >= 11 is 0. The molecule has 0 radical (unpaired) electrons. The first-order chi connectivity index (χ1) is 24.3. The van der Waals surface area contributed by atoms with E-state index in [0.717, 1.165) is 57.0 Å². The predicted octanol–water partition coefficient (Wildman–Crippen LogP) is 6.36. The van der Waals surface area contributed by atoms with Gasteiger partial charge >= 0.3 is 5.97 Å². The first-order valence-electron chi connectivity index (χ1n) is 17.7. The van der Waals surface area contributed by atoms with Crippen LogP contribution in [0.3, 0.4) is 0 Å². The number of aromatic nitrogens is 1. The number of benzene rings is 3. The molecular weight excluding hydrogens is 630 g/mol. The van der Waals surface area contributed by atoms with Crippen LogP contribution in [0.15, 0.2) is 72.9 Å². The van der Waals surface area contributed by atoms with E-state index in [1.165, 1.54) is 32.8 Å². The maximum Gasteiger partial charge on any atom is 0.328 e. The fraction of sp³-hybridized carbons (Fsp3) is 0.390. The molecule has 2 N–H and O–H groups in total. The van der Waals surface area contributed by atoms with E-state index in [1.54, 1.807) is 0 Å². The largest absolute Gasteiger partial charge is 0.493 e. The molecule has 3 aliphatic rings. The van der Waals surface area contributed by atoms with Crippen LogP contribution < -0.4 is 24.8 Å². The second-order valence-electron chi connectivity index (χ2n) is 13.7. The number of methoxy groups -OCH3 is 1. The van der Waals surface area contributed by atoms with Crippen LogP contribution in [0.2, 0.25) is 0 Å². The van der Waals surface area contributed by atoms with Crippen molar-refractivity contribution in [2.24, 2.45) is 5.92 Å². The molecule has 4 aromatic rings. The van der Waals surface area contributed by atoms with Gasteiger partial charge < -0.3 is 29.6 Å². The van der Waals surface area contributed by atoms with Gasteiger partial charge in [0.05, 0.1) is 19.8 Å². The van der Waals surface area contributed by atoms with Crippen molar-refractivity contribution in [3.05, 3.63) is 106 Å². The Kier molecular flexibility index (Phi) is 10.0. The smallest absolute Gasteiger partial charge is 0.328 e. The minimum Gasteiger partial charge on any atom is -0.493 e. The maximum absolute atomic E-state index is 13.5. The fourth-order valence-corrected chi connectivity index (χ4v) is 7.24. The second kappa shape index (κ2) is 14.9. The number of fused-ring (bicyclic) bond motifs is 2. The number of nitrogens with one attached hydrogen (secondary N) is 2. The Hall–Kier alpha value is -4.89. The number of esters is 1. The molecule has 0 bridgehead atoms. The van der Waals surface area contributed by atoms with Gasteiger partial charge in [-0.25, -0.2) is 4.79 Å². The molecule has 1 saturated carbocycles. The van der Waals surface area contributed by atoms with Crippen LogP contribution in [0.5, 0.6) is 17.2 Å². The third kappa shape index (κ3) is 7.48. The van der Waals surface area contributed by atoms with Crippen molar-refractivity contribution in [1.29, 1.82) is 0 Å². The van der Waals surface area contributed by atoms with Gasteiger partial charge in [-0.15, -0.1) is 0 Å². The summed E-state index contributed by atoms with van der Waals surface area (Å²) in [6, 6.07) is 20.8. The van der Waals surface area contributed by atoms with E-state index in [9.17, 15) is 9.59 Å². The van der Waals surface area contributed by atoms with Gasteiger partial charge in [0, 0.05) is 24.9 Å². The predicted molar refractivity (Wildman–Crippen MR) is 190 cm³/mol. The van der Waals surface area contributed by atoms with Crippen molar-refractivity contribution >= 4 is 11.9 Å². The van der Waals surface area contributed by atoms with Crippen LogP contribution in [-0.4, -0.2) is 49.3 Å². The number of carbonyl (C=O) groups excluding carboxylic acids is 2. The SMILES string of the molecule is COC(=O)[C@H](Cc1ccc(-c2ccnc(C)c2C)cc1)NC(=O)[C@@H]1Cc2cc3c(cc2CN1)O[C@@H](c1cccc(OCC2CCCC2)c1)CO3. The lowest BCUT2D eigenvalue weighted by Gasteiger charge is -2.31. The highest BCUT2D eigenvalue weighted by molar-refractivity contribution is 5.88. The quantitative estimate of drug-likeness (QED) is 0.187. The summed E-state index contributed by atoms with van der Waals surface area (Å²) in [4.78, 5) is 30.7.